The van der Waals surface area contributed by atoms with Crippen molar-refractivity contribution in [2.24, 2.45) is 7.05 Å². The Morgan fingerprint density at radius 3 is 2.65 bits per heavy atom. The number of carbonyl (C=O) groups excluding carboxylic acids is 1. The van der Waals surface area contributed by atoms with Gasteiger partial charge in [-0.15, -0.1) is 5.10 Å². The summed E-state index contributed by atoms with van der Waals surface area (Å²) in [6.07, 6.45) is 0. The first-order valence-electron chi connectivity index (χ1n) is 6.64. The van der Waals surface area contributed by atoms with Gasteiger partial charge in [-0.3, -0.25) is 4.79 Å². The molecule has 1 amide bonds. The molecule has 8 heteroatoms. The lowest BCUT2D eigenvalue weighted by Gasteiger charge is -2.07. The Balaban J connectivity index is 1.84. The van der Waals surface area contributed by atoms with Gasteiger partial charge in [-0.2, -0.15) is 0 Å². The molecule has 0 fully saturated rings. The van der Waals surface area contributed by atoms with Gasteiger partial charge in [-0.05, 0) is 40.8 Å². The summed E-state index contributed by atoms with van der Waals surface area (Å²) in [5, 5.41) is 13.8. The molecule has 0 saturated heterocycles. The molecule has 2 aromatic carbocycles. The number of carbonyl (C=O) groups is 1. The molecule has 0 bridgehead atoms. The molecule has 0 saturated carbocycles. The summed E-state index contributed by atoms with van der Waals surface area (Å²) in [7, 11) is 1.70. The van der Waals surface area contributed by atoms with E-state index >= 15 is 0 Å². The SMILES string of the molecule is Cn1nnnc1-c1cccc(NC(=O)c2ccc(F)c(F)c2)c1. The Morgan fingerprint density at radius 2 is 1.96 bits per heavy atom. The molecule has 0 atom stereocenters. The van der Waals surface area contributed by atoms with Gasteiger partial charge in [0.15, 0.2) is 17.5 Å². The summed E-state index contributed by atoms with van der Waals surface area (Å²) < 4.78 is 27.6. The molecule has 3 aromatic rings. The van der Waals surface area contributed by atoms with E-state index < -0.39 is 17.5 Å². The van der Waals surface area contributed by atoms with Crippen molar-refractivity contribution in [2.45, 2.75) is 0 Å². The van der Waals surface area contributed by atoms with Crippen molar-refractivity contribution in [3.63, 3.8) is 0 Å². The van der Waals surface area contributed by atoms with Crippen LogP contribution in [0.25, 0.3) is 11.4 Å². The van der Waals surface area contributed by atoms with Crippen molar-refractivity contribution in [2.75, 3.05) is 5.32 Å². The number of rotatable bonds is 3. The summed E-state index contributed by atoms with van der Waals surface area (Å²) in [5.74, 6) is -2.08. The first kappa shape index (κ1) is 14.8. The average Bonchev–Trinajstić information content (AvgIpc) is 2.96. The highest BCUT2D eigenvalue weighted by molar-refractivity contribution is 6.04. The lowest BCUT2D eigenvalue weighted by atomic mass is 10.1. The minimum absolute atomic E-state index is 0.0228. The third-order valence-electron chi connectivity index (χ3n) is 3.18. The number of anilines is 1. The minimum atomic E-state index is -1.07. The predicted molar refractivity (Wildman–Crippen MR) is 78.5 cm³/mol. The minimum Gasteiger partial charge on any atom is -0.322 e. The van der Waals surface area contributed by atoms with Crippen LogP contribution in [0.2, 0.25) is 0 Å². The van der Waals surface area contributed by atoms with Crippen molar-refractivity contribution < 1.29 is 13.6 Å². The fraction of sp³-hybridized carbons (Fsp3) is 0.0667. The molecule has 1 aromatic heterocycles. The number of nitrogens with one attached hydrogen (secondary N) is 1. The summed E-state index contributed by atoms with van der Waals surface area (Å²) >= 11 is 0. The number of nitrogens with zero attached hydrogens (tertiary/aromatic N) is 4. The average molecular weight is 315 g/mol. The Labute approximate surface area is 129 Å². The molecular weight excluding hydrogens is 304 g/mol. The van der Waals surface area contributed by atoms with Gasteiger partial charge in [-0.1, -0.05) is 12.1 Å². The van der Waals surface area contributed by atoms with E-state index in [0.29, 0.717) is 17.1 Å². The molecule has 6 nitrogen and oxygen atoms in total. The highest BCUT2D eigenvalue weighted by Crippen LogP contribution is 2.20. The maximum absolute atomic E-state index is 13.2. The van der Waals surface area contributed by atoms with Crippen molar-refractivity contribution in [1.29, 1.82) is 0 Å². The zero-order valence-corrected chi connectivity index (χ0v) is 12.0. The quantitative estimate of drug-likeness (QED) is 0.805. The van der Waals surface area contributed by atoms with Gasteiger partial charge in [0.25, 0.3) is 5.91 Å². The lowest BCUT2D eigenvalue weighted by Crippen LogP contribution is -2.12. The molecule has 3 rings (SSSR count). The molecule has 0 radical (unpaired) electrons. The first-order chi connectivity index (χ1) is 11.0. The molecule has 0 aliphatic heterocycles. The van der Waals surface area contributed by atoms with Gasteiger partial charge in [0, 0.05) is 23.9 Å². The van der Waals surface area contributed by atoms with Crippen LogP contribution in [-0.4, -0.2) is 26.1 Å². The number of halogens is 2. The molecular formula is C15H11F2N5O. The van der Waals surface area contributed by atoms with Gasteiger partial charge in [0.1, 0.15) is 0 Å². The van der Waals surface area contributed by atoms with Gasteiger partial charge in [-0.25, -0.2) is 13.5 Å². The number of hydrogen-bond donors (Lipinski definition) is 1. The summed E-state index contributed by atoms with van der Waals surface area (Å²) in [5.41, 5.74) is 1.22. The summed E-state index contributed by atoms with van der Waals surface area (Å²) in [6.45, 7) is 0. The maximum atomic E-state index is 13.2. The van der Waals surface area contributed by atoms with Crippen molar-refractivity contribution >= 4 is 11.6 Å². The fourth-order valence-electron chi connectivity index (χ4n) is 2.05. The predicted octanol–water partition coefficient (Wildman–Crippen LogP) is 2.41. The molecule has 116 valence electrons. The van der Waals surface area contributed by atoms with Gasteiger partial charge in [0.05, 0.1) is 0 Å². The van der Waals surface area contributed by atoms with E-state index in [0.717, 1.165) is 12.1 Å². The third-order valence-corrected chi connectivity index (χ3v) is 3.18. The normalized spacial score (nSPS) is 10.6. The zero-order valence-electron chi connectivity index (χ0n) is 12.0. The lowest BCUT2D eigenvalue weighted by molar-refractivity contribution is 0.102. The smallest absolute Gasteiger partial charge is 0.255 e. The van der Waals surface area contributed by atoms with Crippen LogP contribution < -0.4 is 5.32 Å². The Hall–Kier alpha value is -3.16. The van der Waals surface area contributed by atoms with Crippen molar-refractivity contribution in [3.8, 4) is 11.4 Å². The fourth-order valence-corrected chi connectivity index (χ4v) is 2.05. The molecule has 0 aliphatic rings. The monoisotopic (exact) mass is 315 g/mol. The Kier molecular flexibility index (Phi) is 3.80. The number of aromatic nitrogens is 4. The van der Waals surface area contributed by atoms with Crippen LogP contribution in [0.5, 0.6) is 0 Å². The van der Waals surface area contributed by atoms with Crippen LogP contribution in [0.3, 0.4) is 0 Å². The van der Waals surface area contributed by atoms with E-state index in [1.807, 2.05) is 0 Å². The van der Waals surface area contributed by atoms with Crippen LogP contribution in [0.15, 0.2) is 42.5 Å². The van der Waals surface area contributed by atoms with E-state index in [1.54, 1.807) is 31.3 Å². The molecule has 0 unspecified atom stereocenters. The van der Waals surface area contributed by atoms with Gasteiger partial charge < -0.3 is 5.32 Å². The zero-order chi connectivity index (χ0) is 16.4. The maximum Gasteiger partial charge on any atom is 0.255 e. The summed E-state index contributed by atoms with van der Waals surface area (Å²) in [4.78, 5) is 12.1. The molecule has 0 spiro atoms. The highest BCUT2D eigenvalue weighted by atomic mass is 19.2. The van der Waals surface area contributed by atoms with E-state index in [4.69, 9.17) is 0 Å². The molecule has 0 aliphatic carbocycles. The van der Waals surface area contributed by atoms with Crippen LogP contribution >= 0.6 is 0 Å². The van der Waals surface area contributed by atoms with Gasteiger partial charge >= 0.3 is 0 Å². The van der Waals surface area contributed by atoms with E-state index in [1.165, 1.54) is 10.7 Å². The summed E-state index contributed by atoms with van der Waals surface area (Å²) in [6, 6.07) is 9.84. The highest BCUT2D eigenvalue weighted by Gasteiger charge is 2.11. The molecule has 23 heavy (non-hydrogen) atoms. The largest absolute Gasteiger partial charge is 0.322 e. The Bertz CT molecular complexity index is 878. The van der Waals surface area contributed by atoms with E-state index in [-0.39, 0.29) is 5.56 Å². The number of aryl methyl sites for hydroxylation is 1. The van der Waals surface area contributed by atoms with Crippen LogP contribution in [-0.2, 0) is 7.05 Å². The van der Waals surface area contributed by atoms with Crippen molar-refractivity contribution in [3.05, 3.63) is 59.7 Å². The molecule has 1 N–H and O–H groups in total. The third kappa shape index (κ3) is 3.05. The second kappa shape index (κ2) is 5.91. The van der Waals surface area contributed by atoms with E-state index in [2.05, 4.69) is 20.8 Å². The number of hydrogen-bond acceptors (Lipinski definition) is 4. The van der Waals surface area contributed by atoms with Crippen LogP contribution in [0.1, 0.15) is 10.4 Å². The van der Waals surface area contributed by atoms with Crippen LogP contribution in [0.4, 0.5) is 14.5 Å². The molecule has 1 heterocycles. The number of amides is 1. The Morgan fingerprint density at radius 1 is 1.13 bits per heavy atom. The second-order valence-electron chi connectivity index (χ2n) is 4.79. The second-order valence-corrected chi connectivity index (χ2v) is 4.79. The van der Waals surface area contributed by atoms with Gasteiger partial charge in [0.2, 0.25) is 0 Å². The standard InChI is InChI=1S/C15H11F2N5O/c1-22-14(19-20-21-22)9-3-2-4-11(7-9)18-15(23)10-5-6-12(16)13(17)8-10/h2-8H,1H3,(H,18,23). The van der Waals surface area contributed by atoms with Crippen molar-refractivity contribution in [1.82, 2.24) is 20.2 Å². The van der Waals surface area contributed by atoms with Crippen LogP contribution in [0, 0.1) is 11.6 Å². The number of benzene rings is 2. The number of tetrazole rings is 1. The van der Waals surface area contributed by atoms with E-state index in [9.17, 15) is 13.6 Å². The first-order valence-corrected chi connectivity index (χ1v) is 6.64. The topological polar surface area (TPSA) is 72.7 Å².